The van der Waals surface area contributed by atoms with Crippen molar-refractivity contribution in [2.75, 3.05) is 13.7 Å². The normalized spacial score (nSPS) is 10.6. The fourth-order valence-corrected chi connectivity index (χ4v) is 4.35. The largest absolute Gasteiger partial charge is 0.496 e. The third kappa shape index (κ3) is 5.01. The molecule has 0 saturated heterocycles. The minimum atomic E-state index is -0.0506. The zero-order valence-electron chi connectivity index (χ0n) is 14.7. The van der Waals surface area contributed by atoms with Gasteiger partial charge in [0.2, 0.25) is 5.91 Å². The van der Waals surface area contributed by atoms with E-state index in [0.29, 0.717) is 33.6 Å². The number of methoxy groups -OCH3 is 1. The first-order chi connectivity index (χ1) is 13.1. The second kappa shape index (κ2) is 9.22. The van der Waals surface area contributed by atoms with Crippen LogP contribution < -0.4 is 10.1 Å². The van der Waals surface area contributed by atoms with E-state index in [1.54, 1.807) is 31.5 Å². The molecule has 1 heterocycles. The molecule has 3 aromatic rings. The number of carbonyl (C=O) groups is 1. The summed E-state index contributed by atoms with van der Waals surface area (Å²) in [5.41, 5.74) is 1.77. The minimum absolute atomic E-state index is 0.0506. The topological polar surface area (TPSA) is 51.2 Å². The van der Waals surface area contributed by atoms with Gasteiger partial charge >= 0.3 is 0 Å². The second-order valence-electron chi connectivity index (χ2n) is 5.82. The molecule has 1 N–H and O–H groups in total. The van der Waals surface area contributed by atoms with Crippen molar-refractivity contribution >= 4 is 40.4 Å². The average molecular weight is 421 g/mol. The van der Waals surface area contributed by atoms with Gasteiger partial charge in [0, 0.05) is 23.2 Å². The summed E-state index contributed by atoms with van der Waals surface area (Å²) < 4.78 is 5.32. The van der Waals surface area contributed by atoms with Crippen molar-refractivity contribution in [2.24, 2.45) is 0 Å². The molecule has 1 amide bonds. The third-order valence-electron chi connectivity index (χ3n) is 3.97. The van der Waals surface area contributed by atoms with Crippen LogP contribution in [0.25, 0.3) is 10.6 Å². The predicted molar refractivity (Wildman–Crippen MR) is 111 cm³/mol. The van der Waals surface area contributed by atoms with Crippen LogP contribution in [0, 0.1) is 0 Å². The summed E-state index contributed by atoms with van der Waals surface area (Å²) in [6.07, 6.45) is 2.67. The Kier molecular flexibility index (Phi) is 6.72. The number of benzene rings is 2. The van der Waals surface area contributed by atoms with Gasteiger partial charge < -0.3 is 10.1 Å². The van der Waals surface area contributed by atoms with Gasteiger partial charge in [0.05, 0.1) is 23.6 Å². The van der Waals surface area contributed by atoms with Crippen LogP contribution in [0.4, 0.5) is 0 Å². The molecule has 0 bridgehead atoms. The SMILES string of the molecule is COc1ccccc1CCNC(=O)Cc1cnc(-c2c(Cl)cccc2Cl)s1. The smallest absolute Gasteiger partial charge is 0.225 e. The van der Waals surface area contributed by atoms with E-state index < -0.39 is 0 Å². The van der Waals surface area contributed by atoms with Crippen molar-refractivity contribution in [1.29, 1.82) is 0 Å². The number of nitrogens with zero attached hydrogens (tertiary/aromatic N) is 1. The van der Waals surface area contributed by atoms with Crippen LogP contribution in [-0.4, -0.2) is 24.5 Å². The van der Waals surface area contributed by atoms with Gasteiger partial charge in [0.25, 0.3) is 0 Å². The Morgan fingerprint density at radius 1 is 1.15 bits per heavy atom. The van der Waals surface area contributed by atoms with Gasteiger partial charge in [-0.3, -0.25) is 4.79 Å². The molecule has 0 unspecified atom stereocenters. The van der Waals surface area contributed by atoms with Crippen molar-refractivity contribution in [3.05, 3.63) is 69.1 Å². The number of rotatable bonds is 7. The lowest BCUT2D eigenvalue weighted by molar-refractivity contribution is -0.120. The van der Waals surface area contributed by atoms with E-state index >= 15 is 0 Å². The van der Waals surface area contributed by atoms with E-state index in [1.165, 1.54) is 11.3 Å². The summed E-state index contributed by atoms with van der Waals surface area (Å²) in [5, 5.41) is 4.74. The van der Waals surface area contributed by atoms with Gasteiger partial charge in [0.15, 0.2) is 0 Å². The number of ether oxygens (including phenoxy) is 1. The molecule has 7 heteroatoms. The molecule has 0 atom stereocenters. The summed E-state index contributed by atoms with van der Waals surface area (Å²) in [4.78, 5) is 17.4. The Bertz CT molecular complexity index is 923. The standard InChI is InChI=1S/C20H18Cl2N2O2S/c1-26-17-8-3-2-5-13(17)9-10-23-18(25)11-14-12-24-20(27-14)19-15(21)6-4-7-16(19)22/h2-8,12H,9-11H2,1H3,(H,23,25). The van der Waals surface area contributed by atoms with Crippen molar-refractivity contribution in [2.45, 2.75) is 12.8 Å². The quantitative estimate of drug-likeness (QED) is 0.583. The van der Waals surface area contributed by atoms with Crippen LogP contribution in [0.2, 0.25) is 10.0 Å². The second-order valence-corrected chi connectivity index (χ2v) is 7.75. The number of halogens is 2. The first kappa shape index (κ1) is 19.7. The molecule has 0 radical (unpaired) electrons. The fourth-order valence-electron chi connectivity index (χ4n) is 2.67. The summed E-state index contributed by atoms with van der Waals surface area (Å²) >= 11 is 13.9. The molecule has 27 heavy (non-hydrogen) atoms. The fraction of sp³-hybridized carbons (Fsp3) is 0.200. The lowest BCUT2D eigenvalue weighted by Gasteiger charge is -2.08. The van der Waals surface area contributed by atoms with Crippen LogP contribution in [0.5, 0.6) is 5.75 Å². The lowest BCUT2D eigenvalue weighted by Crippen LogP contribution is -2.27. The average Bonchev–Trinajstić information content (AvgIpc) is 3.10. The number of para-hydroxylation sites is 1. The van der Waals surface area contributed by atoms with Gasteiger partial charge in [-0.2, -0.15) is 0 Å². The van der Waals surface area contributed by atoms with Crippen molar-refractivity contribution in [3.63, 3.8) is 0 Å². The third-order valence-corrected chi connectivity index (χ3v) is 5.62. The highest BCUT2D eigenvalue weighted by atomic mass is 35.5. The number of hydrogen-bond acceptors (Lipinski definition) is 4. The summed E-state index contributed by atoms with van der Waals surface area (Å²) in [5.74, 6) is 0.779. The van der Waals surface area contributed by atoms with Crippen LogP contribution in [0.3, 0.4) is 0 Å². The van der Waals surface area contributed by atoms with Gasteiger partial charge in [-0.25, -0.2) is 4.98 Å². The number of nitrogens with one attached hydrogen (secondary N) is 1. The van der Waals surface area contributed by atoms with E-state index in [0.717, 1.165) is 16.2 Å². The predicted octanol–water partition coefficient (Wildman–Crippen LogP) is 5.03. The van der Waals surface area contributed by atoms with E-state index in [-0.39, 0.29) is 12.3 Å². The Labute approximate surface area is 172 Å². The highest BCUT2D eigenvalue weighted by Gasteiger charge is 2.14. The number of thiazole rings is 1. The molecule has 3 rings (SSSR count). The Morgan fingerprint density at radius 3 is 2.63 bits per heavy atom. The molecule has 0 saturated carbocycles. The molecule has 4 nitrogen and oxygen atoms in total. The van der Waals surface area contributed by atoms with Gasteiger partial charge in [-0.1, -0.05) is 47.5 Å². The van der Waals surface area contributed by atoms with Gasteiger partial charge in [-0.05, 0) is 30.2 Å². The van der Waals surface area contributed by atoms with E-state index in [2.05, 4.69) is 10.3 Å². The van der Waals surface area contributed by atoms with E-state index in [9.17, 15) is 4.79 Å². The number of aromatic nitrogens is 1. The zero-order valence-corrected chi connectivity index (χ0v) is 17.0. The Morgan fingerprint density at radius 2 is 1.89 bits per heavy atom. The Balaban J connectivity index is 1.57. The number of hydrogen-bond donors (Lipinski definition) is 1. The zero-order chi connectivity index (χ0) is 19.2. The molecule has 0 spiro atoms. The van der Waals surface area contributed by atoms with Gasteiger partial charge in [-0.15, -0.1) is 11.3 Å². The molecule has 0 aliphatic carbocycles. The lowest BCUT2D eigenvalue weighted by atomic mass is 10.1. The minimum Gasteiger partial charge on any atom is -0.496 e. The molecule has 140 valence electrons. The Hall–Kier alpha value is -2.08. The molecule has 0 aliphatic heterocycles. The van der Waals surface area contributed by atoms with Crippen LogP contribution in [0.1, 0.15) is 10.4 Å². The van der Waals surface area contributed by atoms with Crippen LogP contribution >= 0.6 is 34.5 Å². The summed E-state index contributed by atoms with van der Waals surface area (Å²) in [6, 6.07) is 13.1. The summed E-state index contributed by atoms with van der Waals surface area (Å²) in [7, 11) is 1.64. The maximum atomic E-state index is 12.2. The first-order valence-electron chi connectivity index (χ1n) is 8.36. The number of amides is 1. The molecular formula is C20H18Cl2N2O2S. The maximum absolute atomic E-state index is 12.2. The van der Waals surface area contributed by atoms with Crippen LogP contribution in [-0.2, 0) is 17.6 Å². The van der Waals surface area contributed by atoms with E-state index in [4.69, 9.17) is 27.9 Å². The molecule has 1 aromatic heterocycles. The monoisotopic (exact) mass is 420 g/mol. The van der Waals surface area contributed by atoms with E-state index in [1.807, 2.05) is 24.3 Å². The van der Waals surface area contributed by atoms with Gasteiger partial charge in [0.1, 0.15) is 10.8 Å². The molecule has 0 fully saturated rings. The van der Waals surface area contributed by atoms with Crippen molar-refractivity contribution in [1.82, 2.24) is 10.3 Å². The highest BCUT2D eigenvalue weighted by molar-refractivity contribution is 7.15. The summed E-state index contributed by atoms with van der Waals surface area (Å²) in [6.45, 7) is 0.543. The molecular weight excluding hydrogens is 403 g/mol. The van der Waals surface area contributed by atoms with Crippen LogP contribution in [0.15, 0.2) is 48.7 Å². The van der Waals surface area contributed by atoms with Crippen molar-refractivity contribution in [3.8, 4) is 16.3 Å². The highest BCUT2D eigenvalue weighted by Crippen LogP contribution is 2.36. The molecule has 0 aliphatic rings. The molecule has 2 aromatic carbocycles. The maximum Gasteiger partial charge on any atom is 0.225 e. The first-order valence-corrected chi connectivity index (χ1v) is 9.93. The number of carbonyl (C=O) groups excluding carboxylic acids is 1. The van der Waals surface area contributed by atoms with Crippen molar-refractivity contribution < 1.29 is 9.53 Å².